The fraction of sp³-hybridized carbons (Fsp3) is 0.333. The van der Waals surface area contributed by atoms with Gasteiger partial charge in [0.25, 0.3) is 0 Å². The molecule has 5 heteroatoms. The number of rotatable bonds is 4. The maximum Gasteiger partial charge on any atom is 0.223 e. The van der Waals surface area contributed by atoms with Crippen LogP contribution in [0, 0.1) is 11.7 Å². The van der Waals surface area contributed by atoms with Crippen LogP contribution in [-0.4, -0.2) is 23.5 Å². The van der Waals surface area contributed by atoms with Gasteiger partial charge in [-0.3, -0.25) is 9.78 Å². The molecule has 0 bridgehead atoms. The molecule has 0 radical (unpaired) electrons. The van der Waals surface area contributed by atoms with Gasteiger partial charge in [-0.1, -0.05) is 18.2 Å². The first-order chi connectivity index (χ1) is 12.7. The zero-order chi connectivity index (χ0) is 17.9. The summed E-state index contributed by atoms with van der Waals surface area (Å²) in [5.74, 6) is 0.0354. The molecule has 2 heterocycles. The van der Waals surface area contributed by atoms with Crippen molar-refractivity contribution >= 4 is 5.91 Å². The monoisotopic (exact) mass is 352 g/mol. The Morgan fingerprint density at radius 2 is 2.23 bits per heavy atom. The number of hydrogen-bond acceptors (Lipinski definition) is 3. The van der Waals surface area contributed by atoms with E-state index in [1.807, 2.05) is 18.2 Å². The van der Waals surface area contributed by atoms with Crippen molar-refractivity contribution in [2.75, 3.05) is 6.54 Å². The van der Waals surface area contributed by atoms with Crippen LogP contribution in [0.5, 0.6) is 5.75 Å². The number of halogens is 1. The van der Waals surface area contributed by atoms with E-state index < -0.39 is 0 Å². The molecule has 0 spiro atoms. The minimum absolute atomic E-state index is 0.0395. The lowest BCUT2D eigenvalue weighted by Crippen LogP contribution is -2.38. The third-order valence-corrected chi connectivity index (χ3v) is 4.99. The number of benzene rings is 1. The predicted molar refractivity (Wildman–Crippen MR) is 97.2 cm³/mol. The summed E-state index contributed by atoms with van der Waals surface area (Å²) in [5.41, 5.74) is 2.50. The minimum atomic E-state index is -0.368. The number of pyridine rings is 1. The van der Waals surface area contributed by atoms with Gasteiger partial charge < -0.3 is 10.1 Å². The van der Waals surface area contributed by atoms with E-state index >= 15 is 0 Å². The maximum atomic E-state index is 14.5. The zero-order valence-corrected chi connectivity index (χ0v) is 14.5. The van der Waals surface area contributed by atoms with Crippen molar-refractivity contribution in [1.29, 1.82) is 0 Å². The standard InChI is InChI=1S/C21H21FN2O2/c22-19-11-16(15-7-4-8-23-12-15)9-17-10-18(26-20(17)19)13-24-21(25)14-5-2-1-3-6-14/h1-2,4,7-9,11-12,14,18H,3,5-6,10,13H2,(H,24,25). The SMILES string of the molecule is O=C(NCC1Cc2cc(-c3cccnc3)cc(F)c2O1)C1CC=CCC1. The first kappa shape index (κ1) is 16.8. The van der Waals surface area contributed by atoms with E-state index in [0.29, 0.717) is 18.7 Å². The second-order valence-electron chi connectivity index (χ2n) is 6.86. The number of carbonyl (C=O) groups is 1. The fourth-order valence-corrected chi connectivity index (χ4v) is 3.59. The van der Waals surface area contributed by atoms with Gasteiger partial charge in [-0.25, -0.2) is 4.39 Å². The molecule has 0 saturated heterocycles. The van der Waals surface area contributed by atoms with E-state index in [4.69, 9.17) is 4.74 Å². The topological polar surface area (TPSA) is 51.2 Å². The predicted octanol–water partition coefficient (Wildman–Crippen LogP) is 3.66. The highest BCUT2D eigenvalue weighted by Crippen LogP contribution is 2.35. The van der Waals surface area contributed by atoms with Crippen LogP contribution in [0.3, 0.4) is 0 Å². The van der Waals surface area contributed by atoms with Crippen LogP contribution in [0.2, 0.25) is 0 Å². The second kappa shape index (κ2) is 7.28. The van der Waals surface area contributed by atoms with Gasteiger partial charge in [0, 0.05) is 35.9 Å². The van der Waals surface area contributed by atoms with Crippen molar-refractivity contribution < 1.29 is 13.9 Å². The molecule has 1 N–H and O–H groups in total. The molecular weight excluding hydrogens is 331 g/mol. The van der Waals surface area contributed by atoms with Gasteiger partial charge in [0.1, 0.15) is 6.10 Å². The van der Waals surface area contributed by atoms with Gasteiger partial charge in [0.2, 0.25) is 5.91 Å². The van der Waals surface area contributed by atoms with Gasteiger partial charge in [0.15, 0.2) is 11.6 Å². The molecule has 1 aliphatic heterocycles. The number of carbonyl (C=O) groups excluding carboxylic acids is 1. The average Bonchev–Trinajstić information content (AvgIpc) is 3.11. The van der Waals surface area contributed by atoms with Gasteiger partial charge in [-0.15, -0.1) is 0 Å². The Labute approximate surface area is 152 Å². The molecule has 0 fully saturated rings. The quantitative estimate of drug-likeness (QED) is 0.855. The van der Waals surface area contributed by atoms with Crippen molar-refractivity contribution in [1.82, 2.24) is 10.3 Å². The summed E-state index contributed by atoms with van der Waals surface area (Å²) in [7, 11) is 0. The molecule has 134 valence electrons. The van der Waals surface area contributed by atoms with Crippen molar-refractivity contribution in [2.45, 2.75) is 31.8 Å². The third-order valence-electron chi connectivity index (χ3n) is 4.99. The summed E-state index contributed by atoms with van der Waals surface area (Å²) in [4.78, 5) is 16.3. The summed E-state index contributed by atoms with van der Waals surface area (Å²) in [6.07, 6.45) is 10.6. The largest absolute Gasteiger partial charge is 0.485 e. The number of ether oxygens (including phenoxy) is 1. The lowest BCUT2D eigenvalue weighted by Gasteiger charge is -2.19. The highest BCUT2D eigenvalue weighted by molar-refractivity contribution is 5.79. The Morgan fingerprint density at radius 3 is 3.00 bits per heavy atom. The number of nitrogens with one attached hydrogen (secondary N) is 1. The zero-order valence-electron chi connectivity index (χ0n) is 14.5. The molecule has 1 aromatic heterocycles. The molecule has 1 aromatic carbocycles. The Balaban J connectivity index is 1.41. The lowest BCUT2D eigenvalue weighted by molar-refractivity contribution is -0.125. The molecule has 0 saturated carbocycles. The first-order valence-corrected chi connectivity index (χ1v) is 9.03. The van der Waals surface area contributed by atoms with Crippen LogP contribution >= 0.6 is 0 Å². The maximum absolute atomic E-state index is 14.5. The second-order valence-corrected chi connectivity index (χ2v) is 6.86. The Bertz CT molecular complexity index is 835. The summed E-state index contributed by atoms with van der Waals surface area (Å²) < 4.78 is 20.2. The van der Waals surface area contributed by atoms with Crippen molar-refractivity contribution in [3.63, 3.8) is 0 Å². The highest BCUT2D eigenvalue weighted by atomic mass is 19.1. The molecule has 4 rings (SSSR count). The lowest BCUT2D eigenvalue weighted by atomic mass is 9.93. The number of allylic oxidation sites excluding steroid dienone is 2. The van der Waals surface area contributed by atoms with E-state index in [9.17, 15) is 9.18 Å². The van der Waals surface area contributed by atoms with E-state index in [-0.39, 0.29) is 23.7 Å². The van der Waals surface area contributed by atoms with Crippen LogP contribution in [0.15, 0.2) is 48.8 Å². The van der Waals surface area contributed by atoms with Crippen LogP contribution in [0.4, 0.5) is 4.39 Å². The Morgan fingerprint density at radius 1 is 1.31 bits per heavy atom. The van der Waals surface area contributed by atoms with Crippen LogP contribution in [0.1, 0.15) is 24.8 Å². The van der Waals surface area contributed by atoms with Crippen molar-refractivity contribution in [2.24, 2.45) is 5.92 Å². The molecule has 1 amide bonds. The average molecular weight is 352 g/mol. The van der Waals surface area contributed by atoms with Crippen LogP contribution < -0.4 is 10.1 Å². The Kier molecular flexibility index (Phi) is 4.69. The molecule has 2 aliphatic rings. The van der Waals surface area contributed by atoms with E-state index in [1.54, 1.807) is 12.4 Å². The molecule has 2 unspecified atom stereocenters. The highest BCUT2D eigenvalue weighted by Gasteiger charge is 2.28. The van der Waals surface area contributed by atoms with Crippen LogP contribution in [-0.2, 0) is 11.2 Å². The number of fused-ring (bicyclic) bond motifs is 1. The van der Waals surface area contributed by atoms with Crippen molar-refractivity contribution in [3.8, 4) is 16.9 Å². The molecule has 2 atom stereocenters. The van der Waals surface area contributed by atoms with E-state index in [0.717, 1.165) is 36.0 Å². The molecule has 1 aliphatic carbocycles. The number of aromatic nitrogens is 1. The summed E-state index contributed by atoms with van der Waals surface area (Å²) in [6, 6.07) is 7.16. The summed E-state index contributed by atoms with van der Waals surface area (Å²) in [5, 5.41) is 2.96. The van der Waals surface area contributed by atoms with E-state index in [1.165, 1.54) is 6.07 Å². The van der Waals surface area contributed by atoms with Crippen molar-refractivity contribution in [3.05, 3.63) is 60.2 Å². The van der Waals surface area contributed by atoms with Gasteiger partial charge in [0.05, 0.1) is 6.54 Å². The number of amides is 1. The van der Waals surface area contributed by atoms with Crippen LogP contribution in [0.25, 0.3) is 11.1 Å². The number of nitrogens with zero attached hydrogens (tertiary/aromatic N) is 1. The normalized spacial score (nSPS) is 21.1. The van der Waals surface area contributed by atoms with Gasteiger partial charge >= 0.3 is 0 Å². The van der Waals surface area contributed by atoms with E-state index in [2.05, 4.69) is 22.5 Å². The Hall–Kier alpha value is -2.69. The van der Waals surface area contributed by atoms with Gasteiger partial charge in [-0.05, 0) is 43.0 Å². The van der Waals surface area contributed by atoms with Gasteiger partial charge in [-0.2, -0.15) is 0 Å². The molecule has 4 nitrogen and oxygen atoms in total. The summed E-state index contributed by atoms with van der Waals surface area (Å²) in [6.45, 7) is 0.398. The molecule has 2 aromatic rings. The fourth-order valence-electron chi connectivity index (χ4n) is 3.59. The minimum Gasteiger partial charge on any atom is -0.485 e. The molecule has 26 heavy (non-hydrogen) atoms. The number of hydrogen-bond donors (Lipinski definition) is 1. The smallest absolute Gasteiger partial charge is 0.223 e. The third kappa shape index (κ3) is 3.47. The first-order valence-electron chi connectivity index (χ1n) is 9.03. The summed E-state index contributed by atoms with van der Waals surface area (Å²) >= 11 is 0. The molecular formula is C21H21FN2O2.